The second-order valence-electron chi connectivity index (χ2n) is 12.4. The molecule has 6 nitrogen and oxygen atoms in total. The molecule has 1 atom stereocenters. The molecule has 50 heavy (non-hydrogen) atoms. The van der Waals surface area contributed by atoms with Crippen molar-refractivity contribution in [2.75, 3.05) is 13.2 Å². The van der Waals surface area contributed by atoms with E-state index in [1.54, 1.807) is 0 Å². The SMILES string of the molecule is CC/C=C\C/C=C\C/C=C\CCCC(=O)OC(COC(=O)CCCC/C=C\C/C=C\CC)COC(=O)CCCCCCC/C=C\C/C=C\CC. The van der Waals surface area contributed by atoms with E-state index in [0.717, 1.165) is 109 Å². The fraction of sp³-hybridized carbons (Fsp3) is 0.614. The molecule has 0 rings (SSSR count). The van der Waals surface area contributed by atoms with Gasteiger partial charge in [-0.05, 0) is 96.3 Å². The van der Waals surface area contributed by atoms with E-state index in [-0.39, 0.29) is 37.5 Å². The molecule has 0 saturated carbocycles. The highest BCUT2D eigenvalue weighted by Gasteiger charge is 2.19. The summed E-state index contributed by atoms with van der Waals surface area (Å²) in [7, 11) is 0. The van der Waals surface area contributed by atoms with E-state index in [2.05, 4.69) is 106 Å². The first-order chi connectivity index (χ1) is 24.5. The first-order valence-corrected chi connectivity index (χ1v) is 19.6. The van der Waals surface area contributed by atoms with Crippen molar-refractivity contribution >= 4 is 17.9 Å². The molecule has 0 radical (unpaired) electrons. The number of hydrogen-bond donors (Lipinski definition) is 0. The van der Waals surface area contributed by atoms with Gasteiger partial charge in [-0.15, -0.1) is 0 Å². The van der Waals surface area contributed by atoms with E-state index in [1.165, 1.54) is 0 Å². The Labute approximate surface area is 305 Å². The van der Waals surface area contributed by atoms with E-state index >= 15 is 0 Å². The molecule has 0 aromatic heterocycles. The fourth-order valence-corrected chi connectivity index (χ4v) is 4.77. The maximum absolute atomic E-state index is 12.6. The van der Waals surface area contributed by atoms with Crippen LogP contribution in [-0.2, 0) is 28.6 Å². The van der Waals surface area contributed by atoms with Crippen LogP contribution in [0.4, 0.5) is 0 Å². The van der Waals surface area contributed by atoms with E-state index in [9.17, 15) is 14.4 Å². The summed E-state index contributed by atoms with van der Waals surface area (Å²) in [6.45, 7) is 6.14. The minimum atomic E-state index is -0.817. The Morgan fingerprint density at radius 2 is 0.740 bits per heavy atom. The Bertz CT molecular complexity index is 1030. The van der Waals surface area contributed by atoms with E-state index in [4.69, 9.17) is 14.2 Å². The molecular weight excluding hydrogens is 624 g/mol. The minimum Gasteiger partial charge on any atom is -0.462 e. The molecule has 0 amide bonds. The van der Waals surface area contributed by atoms with Crippen LogP contribution >= 0.6 is 0 Å². The van der Waals surface area contributed by atoms with Crippen LogP contribution in [0.5, 0.6) is 0 Å². The van der Waals surface area contributed by atoms with Crippen molar-refractivity contribution < 1.29 is 28.6 Å². The van der Waals surface area contributed by atoms with Gasteiger partial charge in [0, 0.05) is 19.3 Å². The third-order valence-corrected chi connectivity index (χ3v) is 7.63. The van der Waals surface area contributed by atoms with Gasteiger partial charge in [-0.25, -0.2) is 0 Å². The zero-order valence-electron chi connectivity index (χ0n) is 31.9. The summed E-state index contributed by atoms with van der Waals surface area (Å²) < 4.78 is 16.5. The smallest absolute Gasteiger partial charge is 0.306 e. The van der Waals surface area contributed by atoms with Gasteiger partial charge in [0.15, 0.2) is 6.10 Å². The lowest BCUT2D eigenvalue weighted by atomic mass is 10.1. The van der Waals surface area contributed by atoms with Crippen molar-refractivity contribution in [3.8, 4) is 0 Å². The van der Waals surface area contributed by atoms with E-state index in [0.29, 0.717) is 19.3 Å². The van der Waals surface area contributed by atoms with Crippen LogP contribution < -0.4 is 0 Å². The van der Waals surface area contributed by atoms with Crippen molar-refractivity contribution in [3.05, 3.63) is 85.1 Å². The van der Waals surface area contributed by atoms with Crippen LogP contribution in [0, 0.1) is 0 Å². The van der Waals surface area contributed by atoms with Crippen molar-refractivity contribution in [1.29, 1.82) is 0 Å². The fourth-order valence-electron chi connectivity index (χ4n) is 4.77. The molecule has 0 aromatic carbocycles. The Kier molecular flexibility index (Phi) is 35.8. The van der Waals surface area contributed by atoms with Gasteiger partial charge in [-0.3, -0.25) is 14.4 Å². The third-order valence-electron chi connectivity index (χ3n) is 7.63. The average Bonchev–Trinajstić information content (AvgIpc) is 3.11. The highest BCUT2D eigenvalue weighted by atomic mass is 16.6. The highest BCUT2D eigenvalue weighted by Crippen LogP contribution is 2.10. The summed E-state index contributed by atoms with van der Waals surface area (Å²) in [4.78, 5) is 37.4. The lowest BCUT2D eigenvalue weighted by Gasteiger charge is -2.18. The molecule has 0 heterocycles. The van der Waals surface area contributed by atoms with Gasteiger partial charge in [0.05, 0.1) is 0 Å². The largest absolute Gasteiger partial charge is 0.462 e. The van der Waals surface area contributed by atoms with Crippen molar-refractivity contribution in [2.45, 2.75) is 162 Å². The van der Waals surface area contributed by atoms with Crippen LogP contribution in [0.3, 0.4) is 0 Å². The van der Waals surface area contributed by atoms with Crippen LogP contribution in [0.2, 0.25) is 0 Å². The maximum atomic E-state index is 12.6. The number of rotatable bonds is 33. The van der Waals surface area contributed by atoms with Gasteiger partial charge in [-0.2, -0.15) is 0 Å². The molecule has 0 fully saturated rings. The third kappa shape index (κ3) is 35.9. The minimum absolute atomic E-state index is 0.116. The molecule has 0 aliphatic rings. The predicted molar refractivity (Wildman–Crippen MR) is 210 cm³/mol. The standard InChI is InChI=1S/C44H70O6/c1-4-7-10-13-16-19-21-23-25-28-31-34-37-43(46)49-40-41(39-48-42(45)36-33-30-27-24-18-15-12-9-6-3)50-44(47)38-35-32-29-26-22-20-17-14-11-8-5-2/h7-12,16-20,24,26,29,41H,4-6,13-15,21-23,25,27-28,30-40H2,1-3H3/b10-7-,11-8-,12-9-,19-16-,20-17-,24-18-,29-26-. The Morgan fingerprint density at radius 3 is 1.22 bits per heavy atom. The van der Waals surface area contributed by atoms with E-state index in [1.807, 2.05) is 0 Å². The zero-order valence-corrected chi connectivity index (χ0v) is 31.9. The lowest BCUT2D eigenvalue weighted by molar-refractivity contribution is -0.167. The number of unbranched alkanes of at least 4 members (excludes halogenated alkanes) is 8. The summed E-state index contributed by atoms with van der Waals surface area (Å²) in [5, 5.41) is 0. The maximum Gasteiger partial charge on any atom is 0.306 e. The van der Waals surface area contributed by atoms with Crippen molar-refractivity contribution in [1.82, 2.24) is 0 Å². The van der Waals surface area contributed by atoms with Gasteiger partial charge in [0.25, 0.3) is 0 Å². The summed E-state index contributed by atoms with van der Waals surface area (Å²) >= 11 is 0. The zero-order chi connectivity index (χ0) is 36.6. The molecule has 0 aliphatic carbocycles. The molecule has 0 N–H and O–H groups in total. The van der Waals surface area contributed by atoms with Gasteiger partial charge in [0.1, 0.15) is 13.2 Å². The van der Waals surface area contributed by atoms with Gasteiger partial charge in [0.2, 0.25) is 0 Å². The number of esters is 3. The molecular formula is C44H70O6. The van der Waals surface area contributed by atoms with Gasteiger partial charge < -0.3 is 14.2 Å². The van der Waals surface area contributed by atoms with Gasteiger partial charge >= 0.3 is 17.9 Å². The molecule has 282 valence electrons. The molecule has 0 bridgehead atoms. The highest BCUT2D eigenvalue weighted by molar-refractivity contribution is 5.71. The number of carbonyl (C=O) groups excluding carboxylic acids is 3. The van der Waals surface area contributed by atoms with Crippen molar-refractivity contribution in [2.24, 2.45) is 0 Å². The molecule has 1 unspecified atom stereocenters. The monoisotopic (exact) mass is 695 g/mol. The van der Waals surface area contributed by atoms with Crippen molar-refractivity contribution in [3.63, 3.8) is 0 Å². The van der Waals surface area contributed by atoms with Gasteiger partial charge in [-0.1, -0.05) is 125 Å². The molecule has 0 saturated heterocycles. The Hall–Kier alpha value is -3.41. The van der Waals surface area contributed by atoms with E-state index < -0.39 is 6.10 Å². The predicted octanol–water partition coefficient (Wildman–Crippen LogP) is 12.1. The summed E-state index contributed by atoms with van der Waals surface area (Å²) in [5.41, 5.74) is 0. The first kappa shape index (κ1) is 46.6. The molecule has 0 aromatic rings. The molecule has 0 spiro atoms. The van der Waals surface area contributed by atoms with Crippen LogP contribution in [0.25, 0.3) is 0 Å². The van der Waals surface area contributed by atoms with Crippen LogP contribution in [0.1, 0.15) is 156 Å². The second kappa shape index (κ2) is 38.4. The topological polar surface area (TPSA) is 78.9 Å². The number of ether oxygens (including phenoxy) is 3. The lowest BCUT2D eigenvalue weighted by Crippen LogP contribution is -2.30. The summed E-state index contributed by atoms with van der Waals surface area (Å²) in [5.74, 6) is -1.04. The van der Waals surface area contributed by atoms with Crippen LogP contribution in [0.15, 0.2) is 85.1 Å². The quantitative estimate of drug-likeness (QED) is 0.0294. The molecule has 0 aliphatic heterocycles. The van der Waals surface area contributed by atoms with Crippen LogP contribution in [-0.4, -0.2) is 37.2 Å². The Balaban J connectivity index is 4.53. The first-order valence-electron chi connectivity index (χ1n) is 19.6. The number of hydrogen-bond acceptors (Lipinski definition) is 6. The molecule has 6 heteroatoms. The summed E-state index contributed by atoms with van der Waals surface area (Å²) in [6.07, 6.45) is 47.3. The average molecular weight is 695 g/mol. The summed E-state index contributed by atoms with van der Waals surface area (Å²) in [6, 6.07) is 0. The normalized spacial score (nSPS) is 12.9. The second-order valence-corrected chi connectivity index (χ2v) is 12.4. The Morgan fingerprint density at radius 1 is 0.400 bits per heavy atom. The number of carbonyl (C=O) groups is 3. The number of allylic oxidation sites excluding steroid dienone is 14.